The largest absolute Gasteiger partial charge is 0.497 e. The van der Waals surface area contributed by atoms with Crippen molar-refractivity contribution < 1.29 is 22.7 Å². The number of hydrogen-bond donors (Lipinski definition) is 1. The van der Waals surface area contributed by atoms with Crippen molar-refractivity contribution in [3.8, 4) is 11.5 Å². The van der Waals surface area contributed by atoms with Gasteiger partial charge in [0.25, 0.3) is 5.91 Å². The van der Waals surface area contributed by atoms with Crippen molar-refractivity contribution in [2.45, 2.75) is 39.3 Å². The highest BCUT2D eigenvalue weighted by Crippen LogP contribution is 2.35. The molecule has 0 radical (unpaired) electrons. The van der Waals surface area contributed by atoms with Gasteiger partial charge in [-0.3, -0.25) is 9.10 Å². The lowest BCUT2D eigenvalue weighted by atomic mass is 9.96. The van der Waals surface area contributed by atoms with Gasteiger partial charge in [0.05, 0.1) is 31.1 Å². The lowest BCUT2D eigenvalue weighted by Crippen LogP contribution is -2.51. The molecule has 1 heterocycles. The number of fused-ring (bicyclic) bond motifs is 1. The number of para-hydroxylation sites is 2. The number of methoxy groups -OCH3 is 1. The van der Waals surface area contributed by atoms with Gasteiger partial charge >= 0.3 is 0 Å². The van der Waals surface area contributed by atoms with E-state index in [4.69, 9.17) is 9.47 Å². The van der Waals surface area contributed by atoms with Crippen molar-refractivity contribution in [1.82, 2.24) is 5.32 Å². The number of benzene rings is 2. The van der Waals surface area contributed by atoms with E-state index in [9.17, 15) is 13.2 Å². The molecule has 0 aromatic heterocycles. The number of hydrogen-bond acceptors (Lipinski definition) is 5. The molecule has 0 unspecified atom stereocenters. The van der Waals surface area contributed by atoms with Crippen LogP contribution >= 0.6 is 0 Å². The molecule has 0 bridgehead atoms. The number of carbonyl (C=O) groups is 1. The number of rotatable bonds is 8. The minimum absolute atomic E-state index is 0.0580. The average molecular weight is 447 g/mol. The summed E-state index contributed by atoms with van der Waals surface area (Å²) < 4.78 is 37.7. The number of nitrogens with zero attached hydrogens (tertiary/aromatic N) is 1. The summed E-state index contributed by atoms with van der Waals surface area (Å²) in [5.41, 5.74) is 1.42. The highest BCUT2D eigenvalue weighted by Gasteiger charge is 2.36. The summed E-state index contributed by atoms with van der Waals surface area (Å²) in [5, 5.41) is 3.07. The first-order chi connectivity index (χ1) is 14.7. The Bertz CT molecular complexity index is 1000. The first-order valence-corrected chi connectivity index (χ1v) is 12.1. The first-order valence-electron chi connectivity index (χ1n) is 10.5. The summed E-state index contributed by atoms with van der Waals surface area (Å²) in [6, 6.07) is 14.2. The Morgan fingerprint density at radius 3 is 2.48 bits per heavy atom. The van der Waals surface area contributed by atoms with Gasteiger partial charge in [-0.05, 0) is 49.1 Å². The van der Waals surface area contributed by atoms with E-state index < -0.39 is 16.1 Å². The maximum absolute atomic E-state index is 13.2. The van der Waals surface area contributed by atoms with Crippen molar-refractivity contribution in [3.05, 3.63) is 54.1 Å². The third-order valence-corrected chi connectivity index (χ3v) is 7.02. The van der Waals surface area contributed by atoms with Gasteiger partial charge in [0.1, 0.15) is 11.5 Å². The SMILES string of the molecule is CCS(=O)(=O)N1C[C@H](C(=O)N[C@H](CC(C)C)c2ccc(OC)cc2)Oc2ccccc21. The third kappa shape index (κ3) is 5.31. The fourth-order valence-corrected chi connectivity index (χ4v) is 4.73. The van der Waals surface area contributed by atoms with E-state index in [1.54, 1.807) is 38.3 Å². The Hall–Kier alpha value is -2.74. The summed E-state index contributed by atoms with van der Waals surface area (Å²) in [7, 11) is -1.94. The van der Waals surface area contributed by atoms with Crippen LogP contribution in [0.25, 0.3) is 0 Å². The zero-order chi connectivity index (χ0) is 22.6. The molecule has 31 heavy (non-hydrogen) atoms. The minimum atomic E-state index is -3.55. The van der Waals surface area contributed by atoms with E-state index in [1.165, 1.54) is 4.31 Å². The number of nitrogens with one attached hydrogen (secondary N) is 1. The van der Waals surface area contributed by atoms with Crippen LogP contribution in [0.15, 0.2) is 48.5 Å². The molecule has 168 valence electrons. The van der Waals surface area contributed by atoms with E-state index in [1.807, 2.05) is 24.3 Å². The van der Waals surface area contributed by atoms with Crippen LogP contribution < -0.4 is 19.1 Å². The minimum Gasteiger partial charge on any atom is -0.497 e. The van der Waals surface area contributed by atoms with E-state index in [0.717, 1.165) is 17.7 Å². The predicted molar refractivity (Wildman–Crippen MR) is 121 cm³/mol. The highest BCUT2D eigenvalue weighted by molar-refractivity contribution is 7.92. The number of amides is 1. The summed E-state index contributed by atoms with van der Waals surface area (Å²) in [6.07, 6.45) is -0.206. The molecule has 7 nitrogen and oxygen atoms in total. The molecule has 0 spiro atoms. The molecule has 2 atom stereocenters. The smallest absolute Gasteiger partial charge is 0.263 e. The maximum Gasteiger partial charge on any atom is 0.263 e. The molecule has 0 fully saturated rings. The number of carbonyl (C=O) groups excluding carboxylic acids is 1. The lowest BCUT2D eigenvalue weighted by Gasteiger charge is -2.35. The normalized spacial score (nSPS) is 16.9. The van der Waals surface area contributed by atoms with Gasteiger partial charge < -0.3 is 14.8 Å². The van der Waals surface area contributed by atoms with Crippen LogP contribution in [-0.4, -0.2) is 39.8 Å². The molecule has 1 aliphatic heterocycles. The van der Waals surface area contributed by atoms with E-state index in [0.29, 0.717) is 17.4 Å². The molecule has 0 saturated heterocycles. The molecule has 0 saturated carbocycles. The molecule has 8 heteroatoms. The van der Waals surface area contributed by atoms with Crippen LogP contribution in [0.3, 0.4) is 0 Å². The molecule has 3 rings (SSSR count). The Morgan fingerprint density at radius 2 is 1.87 bits per heavy atom. The molecule has 1 aliphatic rings. The monoisotopic (exact) mass is 446 g/mol. The van der Waals surface area contributed by atoms with Crippen LogP contribution in [0.5, 0.6) is 11.5 Å². The molecule has 2 aromatic carbocycles. The van der Waals surface area contributed by atoms with Crippen molar-refractivity contribution in [2.75, 3.05) is 23.7 Å². The van der Waals surface area contributed by atoms with Gasteiger partial charge in [-0.1, -0.05) is 38.1 Å². The van der Waals surface area contributed by atoms with Gasteiger partial charge in [0, 0.05) is 0 Å². The van der Waals surface area contributed by atoms with Crippen LogP contribution in [-0.2, 0) is 14.8 Å². The second kappa shape index (κ2) is 9.60. The summed E-state index contributed by atoms with van der Waals surface area (Å²) in [5.74, 6) is 1.07. The average Bonchev–Trinajstić information content (AvgIpc) is 2.77. The molecular formula is C23H30N2O5S. The van der Waals surface area contributed by atoms with Gasteiger partial charge in [0.15, 0.2) is 6.10 Å². The topological polar surface area (TPSA) is 84.9 Å². The molecule has 1 amide bonds. The van der Waals surface area contributed by atoms with Gasteiger partial charge in [0.2, 0.25) is 10.0 Å². The molecule has 1 N–H and O–H groups in total. The Morgan fingerprint density at radius 1 is 1.19 bits per heavy atom. The number of anilines is 1. The second-order valence-electron chi connectivity index (χ2n) is 7.97. The second-order valence-corrected chi connectivity index (χ2v) is 10.2. The number of ether oxygens (including phenoxy) is 2. The third-order valence-electron chi connectivity index (χ3n) is 5.27. The summed E-state index contributed by atoms with van der Waals surface area (Å²) in [4.78, 5) is 13.2. The van der Waals surface area contributed by atoms with E-state index >= 15 is 0 Å². The number of sulfonamides is 1. The fourth-order valence-electron chi connectivity index (χ4n) is 3.61. The van der Waals surface area contributed by atoms with Gasteiger partial charge in [-0.25, -0.2) is 8.42 Å². The van der Waals surface area contributed by atoms with Gasteiger partial charge in [-0.2, -0.15) is 0 Å². The van der Waals surface area contributed by atoms with Crippen LogP contribution in [0, 0.1) is 5.92 Å². The summed E-state index contributed by atoms with van der Waals surface area (Å²) in [6.45, 7) is 5.71. The van der Waals surface area contributed by atoms with Crippen molar-refractivity contribution in [3.63, 3.8) is 0 Å². The van der Waals surface area contributed by atoms with Gasteiger partial charge in [-0.15, -0.1) is 0 Å². The lowest BCUT2D eigenvalue weighted by molar-refractivity contribution is -0.128. The van der Waals surface area contributed by atoms with Crippen LogP contribution in [0.4, 0.5) is 5.69 Å². The molecular weight excluding hydrogens is 416 g/mol. The highest BCUT2D eigenvalue weighted by atomic mass is 32.2. The van der Waals surface area contributed by atoms with Crippen molar-refractivity contribution in [2.24, 2.45) is 5.92 Å². The van der Waals surface area contributed by atoms with Crippen molar-refractivity contribution >= 4 is 21.6 Å². The van der Waals surface area contributed by atoms with Crippen molar-refractivity contribution in [1.29, 1.82) is 0 Å². The first kappa shape index (κ1) is 22.9. The summed E-state index contributed by atoms with van der Waals surface area (Å²) >= 11 is 0. The maximum atomic E-state index is 13.2. The van der Waals surface area contributed by atoms with E-state index in [2.05, 4.69) is 19.2 Å². The Kier molecular flexibility index (Phi) is 7.10. The molecule has 2 aromatic rings. The quantitative estimate of drug-likeness (QED) is 0.671. The Labute approximate surface area is 184 Å². The standard InChI is InChI=1S/C23H30N2O5S/c1-5-31(27,28)25-15-22(30-21-9-7-6-8-20(21)25)23(26)24-19(14-16(2)3)17-10-12-18(29-4)13-11-17/h6-13,16,19,22H,5,14-15H2,1-4H3,(H,24,26)/t19-,22-/m1/s1. The fraction of sp³-hybridized carbons (Fsp3) is 0.435. The zero-order valence-electron chi connectivity index (χ0n) is 18.4. The van der Waals surface area contributed by atoms with E-state index in [-0.39, 0.29) is 24.2 Å². The van der Waals surface area contributed by atoms with Crippen LogP contribution in [0.2, 0.25) is 0 Å². The predicted octanol–water partition coefficient (Wildman–Crippen LogP) is 3.52. The Balaban J connectivity index is 1.84. The zero-order valence-corrected chi connectivity index (χ0v) is 19.2. The van der Waals surface area contributed by atoms with Crippen LogP contribution in [0.1, 0.15) is 38.8 Å². The molecule has 0 aliphatic carbocycles.